The fourth-order valence-corrected chi connectivity index (χ4v) is 4.25. The van der Waals surface area contributed by atoms with Crippen LogP contribution in [0, 0.1) is 5.82 Å². The summed E-state index contributed by atoms with van der Waals surface area (Å²) in [6.45, 7) is 6.84. The molecule has 186 valence electrons. The third-order valence-electron chi connectivity index (χ3n) is 5.97. The Bertz CT molecular complexity index is 1450. The molecule has 0 aliphatic carbocycles. The zero-order valence-corrected chi connectivity index (χ0v) is 20.3. The zero-order chi connectivity index (χ0) is 25.6. The molecule has 1 fully saturated rings. The Morgan fingerprint density at radius 2 is 1.83 bits per heavy atom. The standard InChI is InChI=1S/C25H27FN8O2/c1-25(2,3)30-24(36)32-12-18(13-32)33-14-29-22(15-4-6-16(26)7-5-15)23(33)19-8-9-21-28-11-17(10-20(27)35)34(21)31-19/h4-9,11,14,18H,10,12-13H2,1-3H3,(H2,27,35)(H,30,36). The molecule has 1 aromatic carbocycles. The molecule has 1 saturated heterocycles. The number of urea groups is 1. The second-order valence-corrected chi connectivity index (χ2v) is 9.98. The fourth-order valence-electron chi connectivity index (χ4n) is 4.25. The summed E-state index contributed by atoms with van der Waals surface area (Å²) in [4.78, 5) is 34.8. The Morgan fingerprint density at radius 1 is 1.11 bits per heavy atom. The molecule has 1 aliphatic rings. The summed E-state index contributed by atoms with van der Waals surface area (Å²) >= 11 is 0. The summed E-state index contributed by atoms with van der Waals surface area (Å²) in [5.74, 6) is -0.822. The van der Waals surface area contributed by atoms with Crippen LogP contribution < -0.4 is 11.1 Å². The lowest BCUT2D eigenvalue weighted by molar-refractivity contribution is -0.117. The normalized spacial score (nSPS) is 14.2. The SMILES string of the molecule is CC(C)(C)NC(=O)N1CC(n2cnc(-c3ccc(F)cc3)c2-c2ccc3ncc(CC(N)=O)n3n2)C1. The van der Waals surface area contributed by atoms with E-state index in [1.165, 1.54) is 12.1 Å². The number of carbonyl (C=O) groups excluding carboxylic acids is 2. The molecular formula is C25H27FN8O2. The minimum absolute atomic E-state index is 0.00216. The monoisotopic (exact) mass is 490 g/mol. The van der Waals surface area contributed by atoms with Crippen LogP contribution in [0.25, 0.3) is 28.3 Å². The molecule has 0 saturated carbocycles. The van der Waals surface area contributed by atoms with Crippen molar-refractivity contribution in [2.45, 2.75) is 38.8 Å². The van der Waals surface area contributed by atoms with Gasteiger partial charge in [0, 0.05) is 24.2 Å². The molecule has 3 aromatic heterocycles. The lowest BCUT2D eigenvalue weighted by Gasteiger charge is -2.41. The predicted octanol–water partition coefficient (Wildman–Crippen LogP) is 2.79. The van der Waals surface area contributed by atoms with E-state index >= 15 is 0 Å². The van der Waals surface area contributed by atoms with Crippen LogP contribution in [0.2, 0.25) is 0 Å². The maximum absolute atomic E-state index is 13.6. The number of nitrogens with zero attached hydrogens (tertiary/aromatic N) is 6. The summed E-state index contributed by atoms with van der Waals surface area (Å²) in [5, 5.41) is 7.74. The van der Waals surface area contributed by atoms with Gasteiger partial charge in [0.2, 0.25) is 5.91 Å². The average Bonchev–Trinajstić information content (AvgIpc) is 3.36. The predicted molar refractivity (Wildman–Crippen MR) is 131 cm³/mol. The number of imidazole rings is 2. The van der Waals surface area contributed by atoms with E-state index in [2.05, 4.69) is 15.3 Å². The van der Waals surface area contributed by atoms with Crippen LogP contribution in [0.4, 0.5) is 9.18 Å². The van der Waals surface area contributed by atoms with Gasteiger partial charge in [0.15, 0.2) is 5.65 Å². The van der Waals surface area contributed by atoms with E-state index in [4.69, 9.17) is 10.8 Å². The van der Waals surface area contributed by atoms with Gasteiger partial charge in [0.05, 0.1) is 42.1 Å². The number of halogens is 1. The minimum Gasteiger partial charge on any atom is -0.369 e. The summed E-state index contributed by atoms with van der Waals surface area (Å²) < 4.78 is 17.2. The van der Waals surface area contributed by atoms with Crippen LogP contribution >= 0.6 is 0 Å². The van der Waals surface area contributed by atoms with E-state index in [0.29, 0.717) is 35.8 Å². The molecule has 3 amide bonds. The first-order valence-corrected chi connectivity index (χ1v) is 11.6. The molecule has 0 radical (unpaired) electrons. The second-order valence-electron chi connectivity index (χ2n) is 9.98. The number of rotatable bonds is 5. The van der Waals surface area contributed by atoms with Gasteiger partial charge in [-0.3, -0.25) is 4.79 Å². The Hall–Kier alpha value is -4.28. The van der Waals surface area contributed by atoms with Gasteiger partial charge in [0.25, 0.3) is 0 Å². The third-order valence-corrected chi connectivity index (χ3v) is 5.97. The lowest BCUT2D eigenvalue weighted by atomic mass is 10.0. The number of carbonyl (C=O) groups is 2. The molecule has 36 heavy (non-hydrogen) atoms. The van der Waals surface area contributed by atoms with Crippen LogP contribution in [0.5, 0.6) is 0 Å². The highest BCUT2D eigenvalue weighted by atomic mass is 19.1. The van der Waals surface area contributed by atoms with Crippen LogP contribution in [-0.2, 0) is 11.2 Å². The maximum atomic E-state index is 13.6. The van der Waals surface area contributed by atoms with Gasteiger partial charge >= 0.3 is 6.03 Å². The van der Waals surface area contributed by atoms with Crippen molar-refractivity contribution >= 4 is 17.6 Å². The molecule has 3 N–H and O–H groups in total. The van der Waals surface area contributed by atoms with Crippen molar-refractivity contribution in [3.8, 4) is 22.6 Å². The topological polar surface area (TPSA) is 123 Å². The van der Waals surface area contributed by atoms with E-state index in [9.17, 15) is 14.0 Å². The fraction of sp³-hybridized carbons (Fsp3) is 0.320. The summed E-state index contributed by atoms with van der Waals surface area (Å²) in [5.41, 5.74) is 8.91. The van der Waals surface area contributed by atoms with Crippen molar-refractivity contribution in [3.63, 3.8) is 0 Å². The molecule has 4 heterocycles. The molecule has 4 aromatic rings. The first kappa shape index (κ1) is 23.5. The number of hydrogen-bond donors (Lipinski definition) is 2. The number of nitrogens with one attached hydrogen (secondary N) is 1. The van der Waals surface area contributed by atoms with Gasteiger partial charge in [0.1, 0.15) is 11.5 Å². The van der Waals surface area contributed by atoms with E-state index in [0.717, 1.165) is 11.3 Å². The van der Waals surface area contributed by atoms with Gasteiger partial charge in [-0.2, -0.15) is 5.10 Å². The molecule has 0 spiro atoms. The highest BCUT2D eigenvalue weighted by Gasteiger charge is 2.35. The number of likely N-dealkylation sites (tertiary alicyclic amines) is 1. The van der Waals surface area contributed by atoms with Crippen LogP contribution in [0.15, 0.2) is 48.9 Å². The smallest absolute Gasteiger partial charge is 0.317 e. The van der Waals surface area contributed by atoms with Gasteiger partial charge in [-0.25, -0.2) is 23.7 Å². The molecule has 1 aliphatic heterocycles. The summed E-state index contributed by atoms with van der Waals surface area (Å²) in [6.07, 6.45) is 3.30. The summed E-state index contributed by atoms with van der Waals surface area (Å²) in [6, 6.07) is 9.62. The Morgan fingerprint density at radius 3 is 2.50 bits per heavy atom. The Labute approximate surface area is 206 Å². The van der Waals surface area contributed by atoms with Crippen molar-refractivity contribution in [2.24, 2.45) is 5.73 Å². The molecular weight excluding hydrogens is 463 g/mol. The number of fused-ring (bicyclic) bond motifs is 1. The Kier molecular flexibility index (Phi) is 5.70. The number of primary amides is 1. The minimum atomic E-state index is -0.482. The zero-order valence-electron chi connectivity index (χ0n) is 20.3. The van der Waals surface area contributed by atoms with E-state index in [1.54, 1.807) is 34.1 Å². The molecule has 5 rings (SSSR count). The molecule has 0 bridgehead atoms. The maximum Gasteiger partial charge on any atom is 0.317 e. The highest BCUT2D eigenvalue weighted by Crippen LogP contribution is 2.35. The van der Waals surface area contributed by atoms with Gasteiger partial charge in [-0.15, -0.1) is 0 Å². The van der Waals surface area contributed by atoms with Crippen molar-refractivity contribution in [3.05, 3.63) is 60.4 Å². The largest absolute Gasteiger partial charge is 0.369 e. The second kappa shape index (κ2) is 8.74. The van der Waals surface area contributed by atoms with Crippen LogP contribution in [0.3, 0.4) is 0 Å². The van der Waals surface area contributed by atoms with Crippen molar-refractivity contribution in [2.75, 3.05) is 13.1 Å². The van der Waals surface area contributed by atoms with E-state index < -0.39 is 5.91 Å². The number of nitrogens with two attached hydrogens (primary N) is 1. The summed E-state index contributed by atoms with van der Waals surface area (Å²) in [7, 11) is 0. The van der Waals surface area contributed by atoms with Gasteiger partial charge in [-0.05, 0) is 57.2 Å². The van der Waals surface area contributed by atoms with Crippen LogP contribution in [-0.4, -0.2) is 59.6 Å². The number of benzene rings is 1. The van der Waals surface area contributed by atoms with Gasteiger partial charge in [-0.1, -0.05) is 0 Å². The van der Waals surface area contributed by atoms with E-state index in [1.807, 2.05) is 37.5 Å². The quantitative estimate of drug-likeness (QED) is 0.445. The third kappa shape index (κ3) is 4.51. The number of aromatic nitrogens is 5. The number of amides is 3. The van der Waals surface area contributed by atoms with Crippen molar-refractivity contribution in [1.29, 1.82) is 0 Å². The van der Waals surface area contributed by atoms with Crippen LogP contribution in [0.1, 0.15) is 32.5 Å². The highest BCUT2D eigenvalue weighted by molar-refractivity contribution is 5.79. The molecule has 11 heteroatoms. The van der Waals surface area contributed by atoms with E-state index in [-0.39, 0.29) is 29.8 Å². The molecule has 10 nitrogen and oxygen atoms in total. The number of hydrogen-bond acceptors (Lipinski definition) is 5. The average molecular weight is 491 g/mol. The molecule has 0 atom stereocenters. The van der Waals surface area contributed by atoms with Crippen molar-refractivity contribution in [1.82, 2.24) is 34.4 Å². The molecule has 0 unspecified atom stereocenters. The first-order chi connectivity index (χ1) is 17.1. The lowest BCUT2D eigenvalue weighted by Crippen LogP contribution is -2.57. The Balaban J connectivity index is 1.54. The first-order valence-electron chi connectivity index (χ1n) is 11.6. The van der Waals surface area contributed by atoms with Gasteiger partial charge < -0.3 is 20.5 Å². The van der Waals surface area contributed by atoms with Crippen molar-refractivity contribution < 1.29 is 14.0 Å².